The number of fused-ring (bicyclic) bond motifs is 1. The summed E-state index contributed by atoms with van der Waals surface area (Å²) >= 11 is 0. The first-order valence-corrected chi connectivity index (χ1v) is 4.94. The van der Waals surface area contributed by atoms with Crippen molar-refractivity contribution in [2.24, 2.45) is 0 Å². The van der Waals surface area contributed by atoms with Crippen molar-refractivity contribution < 1.29 is 10.2 Å². The molecule has 6 heteroatoms. The molecule has 2 rings (SSSR count). The van der Waals surface area contributed by atoms with E-state index in [1.807, 2.05) is 0 Å². The van der Waals surface area contributed by atoms with Crippen LogP contribution in [-0.2, 0) is 0 Å². The fourth-order valence-electron chi connectivity index (χ4n) is 1.90. The smallest absolute Gasteiger partial charge is 0.0648 e. The third-order valence-corrected chi connectivity index (χ3v) is 2.78. The van der Waals surface area contributed by atoms with Crippen LogP contribution in [-0.4, -0.2) is 35.5 Å². The minimum Gasteiger partial charge on any atom is -0.758 e. The highest BCUT2D eigenvalue weighted by atomic mass is 16.5. The van der Waals surface area contributed by atoms with Crippen molar-refractivity contribution in [3.05, 3.63) is 34.7 Å². The number of benzene rings is 1. The fraction of sp³-hybridized carbons (Fsp3) is 0.400. The van der Waals surface area contributed by atoms with Gasteiger partial charge in [-0.2, -0.15) is 0 Å². The maximum atomic E-state index is 11.8. The Kier molecular flexibility index (Phi) is 2.97. The van der Waals surface area contributed by atoms with Gasteiger partial charge in [0.15, 0.2) is 0 Å². The van der Waals surface area contributed by atoms with Crippen molar-refractivity contribution in [1.29, 1.82) is 0 Å². The largest absolute Gasteiger partial charge is 0.758 e. The second kappa shape index (κ2) is 4.26. The summed E-state index contributed by atoms with van der Waals surface area (Å²) in [4.78, 5) is 0. The monoisotopic (exact) mass is 224 g/mol. The van der Waals surface area contributed by atoms with Gasteiger partial charge in [0, 0.05) is 11.4 Å². The molecule has 6 nitrogen and oxygen atoms in total. The van der Waals surface area contributed by atoms with Gasteiger partial charge in [0.05, 0.1) is 25.3 Å². The molecule has 0 bridgehead atoms. The van der Waals surface area contributed by atoms with Gasteiger partial charge in [-0.15, -0.1) is 0 Å². The number of aliphatic hydroxyl groups is 2. The summed E-state index contributed by atoms with van der Waals surface area (Å²) in [6.07, 6.45) is 0. The van der Waals surface area contributed by atoms with Crippen molar-refractivity contribution in [2.45, 2.75) is 12.1 Å². The molecule has 0 amide bonds. The highest BCUT2D eigenvalue weighted by molar-refractivity contribution is 5.75. The van der Waals surface area contributed by atoms with Gasteiger partial charge in [0.25, 0.3) is 0 Å². The van der Waals surface area contributed by atoms with E-state index in [0.717, 1.165) is 0 Å². The quantitative estimate of drug-likeness (QED) is 0.736. The first kappa shape index (κ1) is 11.2. The van der Waals surface area contributed by atoms with Crippen LogP contribution in [0.4, 0.5) is 11.4 Å². The maximum Gasteiger partial charge on any atom is 0.0648 e. The van der Waals surface area contributed by atoms with Gasteiger partial charge in [-0.25, -0.2) is 0 Å². The van der Waals surface area contributed by atoms with E-state index in [1.54, 1.807) is 12.1 Å². The molecular formula is C10H12N2O4-2. The first-order chi connectivity index (χ1) is 7.70. The molecule has 1 aliphatic rings. The maximum absolute atomic E-state index is 11.8. The number of aliphatic hydroxyl groups excluding tert-OH is 2. The normalized spacial score (nSPS) is 24.5. The summed E-state index contributed by atoms with van der Waals surface area (Å²) < 4.78 is 0. The van der Waals surface area contributed by atoms with Crippen LogP contribution < -0.4 is 10.1 Å². The molecule has 0 saturated heterocycles. The summed E-state index contributed by atoms with van der Waals surface area (Å²) in [7, 11) is 0. The third kappa shape index (κ3) is 1.52. The molecule has 0 spiro atoms. The van der Waals surface area contributed by atoms with Gasteiger partial charge < -0.3 is 30.8 Å². The summed E-state index contributed by atoms with van der Waals surface area (Å²) in [6, 6.07) is 4.46. The molecule has 1 aromatic carbocycles. The van der Waals surface area contributed by atoms with Crippen molar-refractivity contribution in [3.8, 4) is 0 Å². The van der Waals surface area contributed by atoms with Gasteiger partial charge in [-0.05, 0) is 12.1 Å². The van der Waals surface area contributed by atoms with Gasteiger partial charge in [0.1, 0.15) is 0 Å². The van der Waals surface area contributed by atoms with E-state index >= 15 is 0 Å². The molecule has 1 heterocycles. The predicted octanol–water partition coefficient (Wildman–Crippen LogP) is 0.0304. The molecule has 2 atom stereocenters. The number of hydrogen-bond donors (Lipinski definition) is 2. The average molecular weight is 224 g/mol. The molecule has 2 unspecified atom stereocenters. The number of rotatable bonds is 2. The average Bonchev–Trinajstić information content (AvgIpc) is 2.33. The number of hydroxylamine groups is 2. The fourth-order valence-corrected chi connectivity index (χ4v) is 1.90. The lowest BCUT2D eigenvalue weighted by Crippen LogP contribution is -2.56. The highest BCUT2D eigenvalue weighted by Gasteiger charge is 2.30. The van der Waals surface area contributed by atoms with Gasteiger partial charge >= 0.3 is 0 Å². The Morgan fingerprint density at radius 1 is 0.938 bits per heavy atom. The van der Waals surface area contributed by atoms with Crippen LogP contribution in [0.5, 0.6) is 0 Å². The van der Waals surface area contributed by atoms with Crippen LogP contribution >= 0.6 is 0 Å². The van der Waals surface area contributed by atoms with Crippen LogP contribution in [0.25, 0.3) is 0 Å². The van der Waals surface area contributed by atoms with Gasteiger partial charge in [0.2, 0.25) is 0 Å². The summed E-state index contributed by atoms with van der Waals surface area (Å²) in [5, 5.41) is 43.0. The highest BCUT2D eigenvalue weighted by Crippen LogP contribution is 2.36. The number of nitrogens with zero attached hydrogens (tertiary/aromatic N) is 2. The zero-order chi connectivity index (χ0) is 11.7. The third-order valence-electron chi connectivity index (χ3n) is 2.78. The minimum atomic E-state index is -0.933. The molecule has 0 fully saturated rings. The Labute approximate surface area is 92.5 Å². The van der Waals surface area contributed by atoms with Crippen LogP contribution in [0.1, 0.15) is 0 Å². The molecular weight excluding hydrogens is 212 g/mol. The van der Waals surface area contributed by atoms with E-state index in [1.165, 1.54) is 12.1 Å². The van der Waals surface area contributed by atoms with Crippen LogP contribution in [0.15, 0.2) is 24.3 Å². The lowest BCUT2D eigenvalue weighted by molar-refractivity contribution is 0.194. The molecule has 1 aliphatic heterocycles. The van der Waals surface area contributed by atoms with E-state index in [2.05, 4.69) is 0 Å². The molecule has 0 saturated carbocycles. The Hall–Kier alpha value is -1.34. The summed E-state index contributed by atoms with van der Waals surface area (Å²) in [5.74, 6) is 0. The Morgan fingerprint density at radius 2 is 1.31 bits per heavy atom. The van der Waals surface area contributed by atoms with Crippen molar-refractivity contribution in [1.82, 2.24) is 0 Å². The lowest BCUT2D eigenvalue weighted by atomic mass is 10.0. The minimum absolute atomic E-state index is 0.223. The number of anilines is 2. The van der Waals surface area contributed by atoms with Crippen molar-refractivity contribution in [3.63, 3.8) is 0 Å². The predicted molar refractivity (Wildman–Crippen MR) is 59.9 cm³/mol. The topological polar surface area (TPSA) is 93.1 Å². The zero-order valence-electron chi connectivity index (χ0n) is 8.48. The second-order valence-electron chi connectivity index (χ2n) is 3.64. The standard InChI is InChI=1S/C10H12N2O4/c13-5-9-10(6-14)12(16)8-4-2-1-3-7(8)11(9)15/h1-4,9-10,13-14H,5-6H2/q-2. The molecule has 16 heavy (non-hydrogen) atoms. The van der Waals surface area contributed by atoms with Gasteiger partial charge in [-0.3, -0.25) is 0 Å². The number of para-hydroxylation sites is 2. The van der Waals surface area contributed by atoms with E-state index < -0.39 is 25.3 Å². The van der Waals surface area contributed by atoms with Crippen LogP contribution in [0, 0.1) is 10.4 Å². The molecule has 88 valence electrons. The Morgan fingerprint density at radius 3 is 1.62 bits per heavy atom. The van der Waals surface area contributed by atoms with E-state index in [0.29, 0.717) is 10.1 Å². The molecule has 1 aromatic rings. The Bertz CT molecular complexity index is 339. The lowest BCUT2D eigenvalue weighted by Gasteiger charge is -2.55. The van der Waals surface area contributed by atoms with Gasteiger partial charge in [-0.1, -0.05) is 12.1 Å². The first-order valence-electron chi connectivity index (χ1n) is 4.94. The van der Waals surface area contributed by atoms with Crippen LogP contribution in [0.3, 0.4) is 0 Å². The SMILES string of the molecule is [O-]N1c2ccccc2N([O-])C(CO)C1CO. The van der Waals surface area contributed by atoms with E-state index in [9.17, 15) is 10.4 Å². The molecule has 2 N–H and O–H groups in total. The zero-order valence-corrected chi connectivity index (χ0v) is 8.48. The second-order valence-corrected chi connectivity index (χ2v) is 3.64. The van der Waals surface area contributed by atoms with E-state index in [-0.39, 0.29) is 11.4 Å². The van der Waals surface area contributed by atoms with Crippen LogP contribution in [0.2, 0.25) is 0 Å². The molecule has 0 aromatic heterocycles. The Balaban J connectivity index is 2.46. The number of hydrogen-bond acceptors (Lipinski definition) is 6. The van der Waals surface area contributed by atoms with Crippen molar-refractivity contribution in [2.75, 3.05) is 23.3 Å². The molecule has 0 aliphatic carbocycles. The summed E-state index contributed by atoms with van der Waals surface area (Å²) in [5.41, 5.74) is 0.447. The van der Waals surface area contributed by atoms with Crippen molar-refractivity contribution >= 4 is 11.4 Å². The summed E-state index contributed by atoms with van der Waals surface area (Å²) in [6.45, 7) is -0.941. The van der Waals surface area contributed by atoms with E-state index in [4.69, 9.17) is 10.2 Å². The molecule has 0 radical (unpaired) electrons.